The van der Waals surface area contributed by atoms with E-state index in [1.807, 2.05) is 6.08 Å². The molecule has 0 spiro atoms. The summed E-state index contributed by atoms with van der Waals surface area (Å²) in [5, 5.41) is 23.1. The molecule has 0 radical (unpaired) electrons. The van der Waals surface area contributed by atoms with Crippen LogP contribution in [0.3, 0.4) is 0 Å². The van der Waals surface area contributed by atoms with Crippen molar-refractivity contribution in [1.29, 1.82) is 0 Å². The van der Waals surface area contributed by atoms with Gasteiger partial charge in [-0.2, -0.15) is 0 Å². The molecule has 1 amide bonds. The van der Waals surface area contributed by atoms with Gasteiger partial charge in [-0.1, -0.05) is 231 Å². The van der Waals surface area contributed by atoms with Crippen molar-refractivity contribution in [2.75, 3.05) is 6.61 Å². The average Bonchev–Trinajstić information content (AvgIpc) is 3.29. The minimum Gasteiger partial charge on any atom is -0.394 e. The van der Waals surface area contributed by atoms with E-state index in [1.165, 1.54) is 83.5 Å². The van der Waals surface area contributed by atoms with Gasteiger partial charge in [-0.25, -0.2) is 0 Å². The Morgan fingerprint density at radius 3 is 1.11 bits per heavy atom. The number of unbranched alkanes of at least 4 members (excludes halogenated alkanes) is 18. The first-order valence-electron chi connectivity index (χ1n) is 25.9. The molecule has 0 aliphatic carbocycles. The fraction of sp³-hybridized carbons (Fsp3) is 0.610. The van der Waals surface area contributed by atoms with E-state index in [0.717, 1.165) is 109 Å². The summed E-state index contributed by atoms with van der Waals surface area (Å²) < 4.78 is 0. The minimum absolute atomic E-state index is 0.108. The summed E-state index contributed by atoms with van der Waals surface area (Å²) in [4.78, 5) is 12.4. The highest BCUT2D eigenvalue weighted by Gasteiger charge is 2.17. The van der Waals surface area contributed by atoms with E-state index in [2.05, 4.69) is 141 Å². The van der Waals surface area contributed by atoms with Gasteiger partial charge >= 0.3 is 0 Å². The van der Waals surface area contributed by atoms with Crippen molar-refractivity contribution in [3.8, 4) is 0 Å². The maximum absolute atomic E-state index is 12.4. The first kappa shape index (κ1) is 59.5. The lowest BCUT2D eigenvalue weighted by atomic mass is 10.0. The number of allylic oxidation sites excluding steroid dienone is 21. The summed E-state index contributed by atoms with van der Waals surface area (Å²) in [6.45, 7) is 4.16. The Labute approximate surface area is 390 Å². The van der Waals surface area contributed by atoms with Crippen LogP contribution in [-0.4, -0.2) is 34.9 Å². The zero-order valence-corrected chi connectivity index (χ0v) is 40.8. The number of nitrogens with one attached hydrogen (secondary N) is 1. The number of carbonyl (C=O) groups is 1. The average molecular weight is 868 g/mol. The third-order valence-electron chi connectivity index (χ3n) is 10.8. The second-order valence-electron chi connectivity index (χ2n) is 16.8. The van der Waals surface area contributed by atoms with Crippen molar-refractivity contribution in [2.45, 2.75) is 225 Å². The van der Waals surface area contributed by atoms with Crippen LogP contribution in [0.5, 0.6) is 0 Å². The molecule has 63 heavy (non-hydrogen) atoms. The van der Waals surface area contributed by atoms with Crippen LogP contribution in [-0.2, 0) is 4.79 Å². The summed E-state index contributed by atoms with van der Waals surface area (Å²) in [5.74, 6) is -0.108. The summed E-state index contributed by atoms with van der Waals surface area (Å²) in [6, 6.07) is -0.671. The minimum atomic E-state index is -0.892. The van der Waals surface area contributed by atoms with Gasteiger partial charge in [0.15, 0.2) is 0 Å². The van der Waals surface area contributed by atoms with E-state index >= 15 is 0 Å². The third-order valence-corrected chi connectivity index (χ3v) is 10.8. The third kappa shape index (κ3) is 49.4. The molecule has 0 fully saturated rings. The van der Waals surface area contributed by atoms with E-state index in [-0.39, 0.29) is 12.5 Å². The van der Waals surface area contributed by atoms with Crippen LogP contribution in [0.25, 0.3) is 0 Å². The van der Waals surface area contributed by atoms with E-state index < -0.39 is 12.1 Å². The summed E-state index contributed by atoms with van der Waals surface area (Å²) in [7, 11) is 0. The number of aliphatic hydroxyl groups is 2. The molecule has 356 valence electrons. The van der Waals surface area contributed by atoms with Crippen molar-refractivity contribution < 1.29 is 15.0 Å². The Kier molecular flexibility index (Phi) is 50.0. The SMILES string of the molecule is CC/C=C\C/C=C\C/C=C\C/C=C\C/C=C\C/C=C\C/C=C\C/C=C\CCCCCCC(=O)NC(CO)C(O)/C=C/CC/C=C/CC/C=C/CCCCCCCCCCCCCC. The van der Waals surface area contributed by atoms with E-state index in [4.69, 9.17) is 0 Å². The summed E-state index contributed by atoms with van der Waals surface area (Å²) in [5.41, 5.74) is 0. The maximum atomic E-state index is 12.4. The number of rotatable bonds is 45. The highest BCUT2D eigenvalue weighted by atomic mass is 16.3. The molecule has 0 aromatic heterocycles. The topological polar surface area (TPSA) is 69.6 Å². The Morgan fingerprint density at radius 2 is 0.714 bits per heavy atom. The van der Waals surface area contributed by atoms with Gasteiger partial charge < -0.3 is 15.5 Å². The first-order valence-corrected chi connectivity index (χ1v) is 25.9. The van der Waals surface area contributed by atoms with Gasteiger partial charge in [-0.3, -0.25) is 4.79 Å². The van der Waals surface area contributed by atoms with Gasteiger partial charge in [0.25, 0.3) is 0 Å². The van der Waals surface area contributed by atoms with Gasteiger partial charge in [-0.05, 0) is 109 Å². The molecule has 0 aliphatic heterocycles. The Hall–Kier alpha value is -3.47. The molecule has 0 aromatic rings. The predicted molar refractivity (Wildman–Crippen MR) is 280 cm³/mol. The number of carbonyl (C=O) groups excluding carboxylic acids is 1. The van der Waals surface area contributed by atoms with Crippen LogP contribution in [0.2, 0.25) is 0 Å². The van der Waals surface area contributed by atoms with Crippen LogP contribution in [0.15, 0.2) is 134 Å². The first-order chi connectivity index (χ1) is 31.2. The predicted octanol–water partition coefficient (Wildman–Crippen LogP) is 17.1. The molecular formula is C59H97NO3. The second kappa shape index (κ2) is 52.9. The molecule has 4 heteroatoms. The highest BCUT2D eigenvalue weighted by molar-refractivity contribution is 5.76. The monoisotopic (exact) mass is 868 g/mol. The van der Waals surface area contributed by atoms with Crippen LogP contribution in [0.1, 0.15) is 213 Å². The van der Waals surface area contributed by atoms with Gasteiger partial charge in [0.1, 0.15) is 0 Å². The van der Waals surface area contributed by atoms with E-state index in [1.54, 1.807) is 6.08 Å². The molecule has 0 aliphatic rings. The molecular weight excluding hydrogens is 771 g/mol. The quantitative estimate of drug-likeness (QED) is 0.0422. The Balaban J connectivity index is 3.74. The van der Waals surface area contributed by atoms with Gasteiger partial charge in [-0.15, -0.1) is 0 Å². The molecule has 0 bridgehead atoms. The highest BCUT2D eigenvalue weighted by Crippen LogP contribution is 2.13. The number of amides is 1. The zero-order valence-electron chi connectivity index (χ0n) is 40.8. The molecule has 0 aromatic carbocycles. The van der Waals surface area contributed by atoms with Crippen molar-refractivity contribution in [2.24, 2.45) is 0 Å². The summed E-state index contributed by atoms with van der Waals surface area (Å²) >= 11 is 0. The fourth-order valence-corrected chi connectivity index (χ4v) is 6.93. The van der Waals surface area contributed by atoms with Crippen LogP contribution >= 0.6 is 0 Å². The van der Waals surface area contributed by atoms with Crippen molar-refractivity contribution in [1.82, 2.24) is 5.32 Å². The van der Waals surface area contributed by atoms with Crippen LogP contribution in [0.4, 0.5) is 0 Å². The van der Waals surface area contributed by atoms with Crippen molar-refractivity contribution in [3.05, 3.63) is 134 Å². The van der Waals surface area contributed by atoms with Gasteiger partial charge in [0, 0.05) is 6.42 Å². The van der Waals surface area contributed by atoms with E-state index in [9.17, 15) is 15.0 Å². The smallest absolute Gasteiger partial charge is 0.220 e. The van der Waals surface area contributed by atoms with Gasteiger partial charge in [0.2, 0.25) is 5.91 Å². The molecule has 0 saturated heterocycles. The molecule has 0 heterocycles. The molecule has 0 saturated carbocycles. The normalized spacial score (nSPS) is 14.0. The largest absolute Gasteiger partial charge is 0.394 e. The molecule has 2 unspecified atom stereocenters. The summed E-state index contributed by atoms with van der Waals surface area (Å²) in [6.07, 6.45) is 82.9. The van der Waals surface area contributed by atoms with Crippen LogP contribution < -0.4 is 5.32 Å². The zero-order chi connectivity index (χ0) is 45.6. The fourth-order valence-electron chi connectivity index (χ4n) is 6.93. The second-order valence-corrected chi connectivity index (χ2v) is 16.8. The van der Waals surface area contributed by atoms with Crippen LogP contribution in [0, 0.1) is 0 Å². The number of aliphatic hydroxyl groups excluding tert-OH is 2. The lowest BCUT2D eigenvalue weighted by molar-refractivity contribution is -0.123. The molecule has 3 N–H and O–H groups in total. The Bertz CT molecular complexity index is 1310. The van der Waals surface area contributed by atoms with Crippen molar-refractivity contribution in [3.63, 3.8) is 0 Å². The van der Waals surface area contributed by atoms with E-state index in [0.29, 0.717) is 6.42 Å². The lowest BCUT2D eigenvalue weighted by Gasteiger charge is -2.19. The Morgan fingerprint density at radius 1 is 0.397 bits per heavy atom. The molecule has 2 atom stereocenters. The molecule has 0 rings (SSSR count). The lowest BCUT2D eigenvalue weighted by Crippen LogP contribution is -2.45. The van der Waals surface area contributed by atoms with Gasteiger partial charge in [0.05, 0.1) is 18.8 Å². The van der Waals surface area contributed by atoms with Crippen molar-refractivity contribution >= 4 is 5.91 Å². The standard InChI is InChI=1S/C59H97NO3/c1-3-5-7-9-11-13-15-17-19-21-23-25-27-28-29-30-31-32-33-35-37-39-41-43-45-47-49-51-53-55-59(63)60-57(56-61)58(62)54-52-50-48-46-44-42-40-38-36-34-26-24-22-20-18-16-14-12-10-8-6-4-2/h5,7,11,13,17,19,23,25,28-29,31-32,35-38,41,43-44,46,52,54,57-58,61-62H,3-4,6,8-10,12,14-16,18,20-22,24,26-27,30,33-34,39-40,42,45,47-51,53,55-56H2,1-2H3,(H,60,63)/b7-5-,13-11-,19-17-,25-23-,29-28-,32-31-,37-35-,38-36+,43-41-,46-44+,54-52+. The molecule has 4 nitrogen and oxygen atoms in total. The number of hydrogen-bond donors (Lipinski definition) is 3. The maximum Gasteiger partial charge on any atom is 0.220 e. The number of hydrogen-bond acceptors (Lipinski definition) is 3.